The molecule has 1 radical (unpaired) electrons. The number of methoxy groups -OCH3 is 1. The first-order valence-corrected chi connectivity index (χ1v) is 14.5. The molecule has 10 heteroatoms. The second-order valence-electron chi connectivity index (χ2n) is 10.7. The van der Waals surface area contributed by atoms with Crippen LogP contribution in [0.2, 0.25) is 0 Å². The second-order valence-corrected chi connectivity index (χ2v) is 10.7. The molecule has 0 saturated heterocycles. The molecule has 0 atom stereocenters. The van der Waals surface area contributed by atoms with E-state index in [9.17, 15) is 4.79 Å². The van der Waals surface area contributed by atoms with Crippen LogP contribution in [0.3, 0.4) is 0 Å². The fraction of sp³-hybridized carbons (Fsp3) is 0.143. The Morgan fingerprint density at radius 3 is 2.51 bits per heavy atom. The smallest absolute Gasteiger partial charge is 0.324 e. The summed E-state index contributed by atoms with van der Waals surface area (Å²) in [5, 5.41) is 15.5. The summed E-state index contributed by atoms with van der Waals surface area (Å²) in [6, 6.07) is 30.8. The van der Waals surface area contributed by atoms with Gasteiger partial charge in [-0.05, 0) is 55.3 Å². The second kappa shape index (κ2) is 12.8. The zero-order valence-electron chi connectivity index (χ0n) is 25.3. The zero-order chi connectivity index (χ0) is 31.3. The average molecular weight is 599 g/mol. The largest absolute Gasteiger partial charge is 0.497 e. The molecule has 0 aliphatic heterocycles. The van der Waals surface area contributed by atoms with Crippen LogP contribution in [0.15, 0.2) is 97.2 Å². The van der Waals surface area contributed by atoms with Gasteiger partial charge in [0.15, 0.2) is 0 Å². The van der Waals surface area contributed by atoms with Gasteiger partial charge in [0.05, 0.1) is 24.2 Å². The Kier molecular flexibility index (Phi) is 8.28. The number of urea groups is 1. The third-order valence-electron chi connectivity index (χ3n) is 7.07. The molecule has 0 bridgehead atoms. The number of ether oxygens (including phenoxy) is 2. The van der Waals surface area contributed by atoms with Gasteiger partial charge in [-0.2, -0.15) is 10.1 Å². The Morgan fingerprint density at radius 2 is 1.73 bits per heavy atom. The van der Waals surface area contributed by atoms with Crippen LogP contribution in [-0.2, 0) is 0 Å². The van der Waals surface area contributed by atoms with Gasteiger partial charge in [0, 0.05) is 40.9 Å². The molecular weight excluding hydrogens is 566 g/mol. The number of amides is 2. The predicted molar refractivity (Wildman–Crippen MR) is 176 cm³/mol. The summed E-state index contributed by atoms with van der Waals surface area (Å²) in [4.78, 5) is 22.1. The standard InChI is InChI=1S/C35H32N7O3/c1-22(2)30-21-32(42(41-30)25-14-12-23(3)13-15-25)39-35(43)38-29-16-17-31(28-11-6-5-10-27(28)29)45-33-18-19-36-34(40-33)37-24-8-7-9-26(20-24)44-4/h5-6,8-22H,1-4H3,(H,36,37,40)(H2,38,39,43). The minimum absolute atomic E-state index is 0.193. The molecule has 0 unspecified atom stereocenters. The van der Waals surface area contributed by atoms with Crippen LogP contribution in [0.5, 0.6) is 17.4 Å². The number of anilines is 4. The number of nitrogens with zero attached hydrogens (tertiary/aromatic N) is 4. The van der Waals surface area contributed by atoms with Crippen LogP contribution in [-0.4, -0.2) is 32.9 Å². The van der Waals surface area contributed by atoms with E-state index in [1.807, 2.05) is 67.6 Å². The third kappa shape index (κ3) is 6.70. The van der Waals surface area contributed by atoms with E-state index in [-0.39, 0.29) is 5.92 Å². The van der Waals surface area contributed by atoms with E-state index in [1.165, 1.54) is 0 Å². The van der Waals surface area contributed by atoms with E-state index in [1.54, 1.807) is 48.3 Å². The number of hydrogen-bond acceptors (Lipinski definition) is 7. The van der Waals surface area contributed by atoms with E-state index >= 15 is 0 Å². The molecule has 2 aromatic heterocycles. The number of carbonyl (C=O) groups excluding carboxylic acids is 1. The van der Waals surface area contributed by atoms with Gasteiger partial charge in [-0.1, -0.05) is 55.8 Å². The normalized spacial score (nSPS) is 11.0. The highest BCUT2D eigenvalue weighted by Crippen LogP contribution is 2.34. The fourth-order valence-corrected chi connectivity index (χ4v) is 4.73. The number of rotatable bonds is 9. The monoisotopic (exact) mass is 598 g/mol. The summed E-state index contributed by atoms with van der Waals surface area (Å²) in [6.45, 7) is 6.17. The molecule has 2 amide bonds. The van der Waals surface area contributed by atoms with E-state index in [0.717, 1.165) is 33.4 Å². The van der Waals surface area contributed by atoms with Gasteiger partial charge in [0.2, 0.25) is 11.8 Å². The number of nitrogens with one attached hydrogen (secondary N) is 3. The molecule has 0 aliphatic carbocycles. The first-order chi connectivity index (χ1) is 21.9. The van der Waals surface area contributed by atoms with Gasteiger partial charge >= 0.3 is 6.03 Å². The van der Waals surface area contributed by atoms with Crippen LogP contribution < -0.4 is 25.4 Å². The minimum Gasteiger partial charge on any atom is -0.497 e. The van der Waals surface area contributed by atoms with Crippen LogP contribution in [0, 0.1) is 13.0 Å². The van der Waals surface area contributed by atoms with Crippen molar-refractivity contribution in [1.29, 1.82) is 0 Å². The lowest BCUT2D eigenvalue weighted by atomic mass is 10.1. The Hall–Kier alpha value is -5.90. The molecule has 0 aliphatic rings. The molecule has 6 rings (SSSR count). The molecule has 6 aromatic rings. The van der Waals surface area contributed by atoms with E-state index in [0.29, 0.717) is 34.8 Å². The molecule has 0 spiro atoms. The minimum atomic E-state index is -0.390. The van der Waals surface area contributed by atoms with Crippen molar-refractivity contribution in [1.82, 2.24) is 19.7 Å². The lowest BCUT2D eigenvalue weighted by Gasteiger charge is -2.14. The average Bonchev–Trinajstić information content (AvgIpc) is 3.47. The first kappa shape index (κ1) is 29.2. The molecule has 10 nitrogen and oxygen atoms in total. The molecule has 0 fully saturated rings. The molecule has 45 heavy (non-hydrogen) atoms. The number of hydrogen-bond donors (Lipinski definition) is 3. The number of aromatic nitrogens is 4. The van der Waals surface area contributed by atoms with Gasteiger partial charge in [-0.15, -0.1) is 0 Å². The van der Waals surface area contributed by atoms with Crippen LogP contribution in [0.1, 0.15) is 31.0 Å². The van der Waals surface area contributed by atoms with Crippen molar-refractivity contribution < 1.29 is 14.3 Å². The summed E-state index contributed by atoms with van der Waals surface area (Å²) in [5.74, 6) is 2.73. The van der Waals surface area contributed by atoms with Crippen LogP contribution in [0.25, 0.3) is 16.5 Å². The van der Waals surface area contributed by atoms with Crippen molar-refractivity contribution >= 4 is 39.9 Å². The maximum Gasteiger partial charge on any atom is 0.324 e. The van der Waals surface area contributed by atoms with Crippen molar-refractivity contribution in [2.24, 2.45) is 0 Å². The summed E-state index contributed by atoms with van der Waals surface area (Å²) in [5.41, 5.74) is 4.24. The molecule has 3 N–H and O–H groups in total. The number of benzene rings is 4. The fourth-order valence-electron chi connectivity index (χ4n) is 4.73. The van der Waals surface area contributed by atoms with Gasteiger partial charge in [-0.25, -0.2) is 14.5 Å². The van der Waals surface area contributed by atoms with Crippen molar-refractivity contribution in [3.8, 4) is 23.1 Å². The van der Waals surface area contributed by atoms with Crippen LogP contribution in [0.4, 0.5) is 27.9 Å². The van der Waals surface area contributed by atoms with Crippen molar-refractivity contribution in [3.05, 3.63) is 115 Å². The van der Waals surface area contributed by atoms with Crippen molar-refractivity contribution in [2.45, 2.75) is 26.7 Å². The lowest BCUT2D eigenvalue weighted by Crippen LogP contribution is -2.21. The quantitative estimate of drug-likeness (QED) is 0.154. The Morgan fingerprint density at radius 1 is 0.933 bits per heavy atom. The van der Waals surface area contributed by atoms with Crippen molar-refractivity contribution in [3.63, 3.8) is 0 Å². The maximum atomic E-state index is 13.3. The highest BCUT2D eigenvalue weighted by atomic mass is 16.5. The molecule has 0 saturated carbocycles. The molecule has 225 valence electrons. The third-order valence-corrected chi connectivity index (χ3v) is 7.07. The van der Waals surface area contributed by atoms with E-state index < -0.39 is 6.03 Å². The number of aryl methyl sites for hydroxylation is 1. The molecule has 2 heterocycles. The topological polar surface area (TPSA) is 115 Å². The maximum absolute atomic E-state index is 13.3. The highest BCUT2D eigenvalue weighted by molar-refractivity contribution is 6.07. The molecular formula is C35H32N7O3. The SMILES string of the molecule is COc1c[c]cc(Nc2nccc(Oc3ccc(NC(=O)Nc4cc(C(C)C)nn4-c4ccc(C)cc4)c4ccccc34)n2)c1. The van der Waals surface area contributed by atoms with Gasteiger partial charge in [0.1, 0.15) is 17.3 Å². The van der Waals surface area contributed by atoms with Gasteiger partial charge < -0.3 is 20.1 Å². The summed E-state index contributed by atoms with van der Waals surface area (Å²) in [6.07, 6.45) is 1.61. The first-order valence-electron chi connectivity index (χ1n) is 14.5. The van der Waals surface area contributed by atoms with Gasteiger partial charge in [0.25, 0.3) is 0 Å². The predicted octanol–water partition coefficient (Wildman–Crippen LogP) is 8.24. The summed E-state index contributed by atoms with van der Waals surface area (Å²) in [7, 11) is 1.60. The molecule has 4 aromatic carbocycles. The summed E-state index contributed by atoms with van der Waals surface area (Å²) < 4.78 is 13.2. The highest BCUT2D eigenvalue weighted by Gasteiger charge is 2.16. The Labute approximate surface area is 261 Å². The summed E-state index contributed by atoms with van der Waals surface area (Å²) >= 11 is 0. The number of carbonyl (C=O) groups is 1. The Balaban J connectivity index is 1.22. The zero-order valence-corrected chi connectivity index (χ0v) is 25.3. The van der Waals surface area contributed by atoms with Gasteiger partial charge in [-0.3, -0.25) is 5.32 Å². The van der Waals surface area contributed by atoms with Crippen LogP contribution >= 0.6 is 0 Å². The van der Waals surface area contributed by atoms with E-state index in [4.69, 9.17) is 14.6 Å². The lowest BCUT2D eigenvalue weighted by molar-refractivity contribution is 0.262. The van der Waals surface area contributed by atoms with E-state index in [2.05, 4.69) is 45.8 Å². The number of fused-ring (bicyclic) bond motifs is 1. The van der Waals surface area contributed by atoms with Crippen molar-refractivity contribution in [2.75, 3.05) is 23.1 Å². The Bertz CT molecular complexity index is 1970.